The molecule has 0 saturated heterocycles. The molecule has 208 valence electrons. The zero-order chi connectivity index (χ0) is 27.8. The van der Waals surface area contributed by atoms with Crippen LogP contribution in [0.3, 0.4) is 0 Å². The number of ether oxygens (including phenoxy) is 4. The first-order chi connectivity index (χ1) is 16.4. The van der Waals surface area contributed by atoms with Crippen molar-refractivity contribution in [2.24, 2.45) is 11.5 Å². The molecule has 0 aliphatic heterocycles. The van der Waals surface area contributed by atoms with Crippen molar-refractivity contribution in [3.63, 3.8) is 0 Å². The molecule has 9 heteroatoms. The van der Waals surface area contributed by atoms with Crippen LogP contribution < -0.4 is 20.9 Å². The average Bonchev–Trinajstić information content (AvgIpc) is 2.69. The number of hydrogen-bond donors (Lipinski definition) is 4. The molecule has 36 heavy (non-hydrogen) atoms. The highest BCUT2D eigenvalue weighted by Gasteiger charge is 2.30. The van der Waals surface area contributed by atoms with Crippen LogP contribution in [0.5, 0.6) is 17.2 Å². The summed E-state index contributed by atoms with van der Waals surface area (Å²) in [5.74, 6) is -1.25. The first-order valence-corrected chi connectivity index (χ1v) is 12.6. The maximum absolute atomic E-state index is 11.6. The molecule has 0 unspecified atom stereocenters. The minimum atomic E-state index is -1.18. The lowest BCUT2D eigenvalue weighted by molar-refractivity contribution is -0.0486. The van der Waals surface area contributed by atoms with Gasteiger partial charge in [-0.2, -0.15) is 0 Å². The number of carboxylic acid groups (broad SMARTS) is 1. The van der Waals surface area contributed by atoms with E-state index in [0.717, 1.165) is 18.9 Å². The number of phenolic OH excluding ortho intramolecular Hbond substituents is 1. The minimum Gasteiger partial charge on any atom is -0.504 e. The second kappa shape index (κ2) is 12.9. The molecule has 0 aliphatic rings. The van der Waals surface area contributed by atoms with Gasteiger partial charge in [0.05, 0.1) is 30.0 Å². The Hall–Kier alpha value is -2.07. The molecule has 1 aromatic rings. The van der Waals surface area contributed by atoms with Gasteiger partial charge in [0, 0.05) is 12.8 Å². The van der Waals surface area contributed by atoms with Crippen molar-refractivity contribution >= 4 is 5.97 Å². The van der Waals surface area contributed by atoms with Gasteiger partial charge in [0.25, 0.3) is 0 Å². The summed E-state index contributed by atoms with van der Waals surface area (Å²) in [6, 6.07) is 2.53. The van der Waals surface area contributed by atoms with Crippen molar-refractivity contribution in [1.82, 2.24) is 0 Å². The van der Waals surface area contributed by atoms with Crippen molar-refractivity contribution in [2.45, 2.75) is 103 Å². The third-order valence-corrected chi connectivity index (χ3v) is 5.93. The van der Waals surface area contributed by atoms with Crippen LogP contribution in [-0.4, -0.2) is 64.9 Å². The number of aromatic hydroxyl groups is 1. The third-order valence-electron chi connectivity index (χ3n) is 5.93. The molecule has 0 radical (unpaired) electrons. The molecule has 9 nitrogen and oxygen atoms in total. The van der Waals surface area contributed by atoms with E-state index in [2.05, 4.69) is 0 Å². The highest BCUT2D eigenvalue weighted by molar-refractivity contribution is 5.89. The molecule has 1 aromatic carbocycles. The zero-order valence-corrected chi connectivity index (χ0v) is 23.4. The SMILES string of the molecule is CC(C)(CCN)OCCC(C)(C)Oc1cc(C(=O)O)cc(O)c1OC(C)(C)CCOC(C)(C)CCN. The van der Waals surface area contributed by atoms with Crippen LogP contribution in [0.25, 0.3) is 0 Å². The Bertz CT molecular complexity index is 851. The largest absolute Gasteiger partial charge is 0.504 e. The number of rotatable bonds is 17. The number of carbonyl (C=O) groups is 1. The van der Waals surface area contributed by atoms with E-state index in [1.165, 1.54) is 6.07 Å². The van der Waals surface area contributed by atoms with Gasteiger partial charge in [-0.25, -0.2) is 4.79 Å². The smallest absolute Gasteiger partial charge is 0.335 e. The number of benzene rings is 1. The van der Waals surface area contributed by atoms with Crippen LogP contribution in [0.4, 0.5) is 0 Å². The normalized spacial score (nSPS) is 13.1. The van der Waals surface area contributed by atoms with Crippen molar-refractivity contribution in [1.29, 1.82) is 0 Å². The summed E-state index contributed by atoms with van der Waals surface area (Å²) >= 11 is 0. The summed E-state index contributed by atoms with van der Waals surface area (Å²) in [4.78, 5) is 11.6. The molecule has 1 rings (SSSR count). The van der Waals surface area contributed by atoms with Crippen molar-refractivity contribution in [3.8, 4) is 17.2 Å². The molecule has 0 fully saturated rings. The maximum atomic E-state index is 11.6. The van der Waals surface area contributed by atoms with Gasteiger partial charge in [0.15, 0.2) is 11.5 Å². The molecule has 0 spiro atoms. The predicted octanol–water partition coefficient (Wildman–Crippen LogP) is 4.47. The molecule has 0 heterocycles. The van der Waals surface area contributed by atoms with Crippen molar-refractivity contribution in [2.75, 3.05) is 26.3 Å². The van der Waals surface area contributed by atoms with Crippen LogP contribution in [0.1, 0.15) is 91.4 Å². The van der Waals surface area contributed by atoms with Gasteiger partial charge >= 0.3 is 5.97 Å². The van der Waals surface area contributed by atoms with Crippen molar-refractivity contribution < 1.29 is 34.0 Å². The number of nitrogens with two attached hydrogens (primary N) is 2. The van der Waals surface area contributed by atoms with Crippen LogP contribution in [-0.2, 0) is 9.47 Å². The summed E-state index contributed by atoms with van der Waals surface area (Å²) in [5, 5.41) is 20.2. The minimum absolute atomic E-state index is 0.0867. The van der Waals surface area contributed by atoms with Crippen LogP contribution >= 0.6 is 0 Å². The second-order valence-electron chi connectivity index (χ2n) is 11.6. The van der Waals surface area contributed by atoms with Crippen LogP contribution in [0.15, 0.2) is 12.1 Å². The fourth-order valence-corrected chi connectivity index (χ4v) is 3.55. The average molecular weight is 513 g/mol. The Morgan fingerprint density at radius 2 is 1.19 bits per heavy atom. The molecule has 6 N–H and O–H groups in total. The molecule has 0 amide bonds. The monoisotopic (exact) mass is 512 g/mol. The Morgan fingerprint density at radius 1 is 0.750 bits per heavy atom. The van der Waals surface area contributed by atoms with E-state index in [0.29, 0.717) is 39.1 Å². The van der Waals surface area contributed by atoms with E-state index in [9.17, 15) is 15.0 Å². The van der Waals surface area contributed by atoms with Crippen LogP contribution in [0, 0.1) is 0 Å². The van der Waals surface area contributed by atoms with Crippen molar-refractivity contribution in [3.05, 3.63) is 17.7 Å². The number of aromatic carboxylic acids is 1. The predicted molar refractivity (Wildman–Crippen MR) is 141 cm³/mol. The fourth-order valence-electron chi connectivity index (χ4n) is 3.55. The molecule has 0 atom stereocenters. The van der Waals surface area contributed by atoms with Gasteiger partial charge in [-0.05, 0) is 93.5 Å². The van der Waals surface area contributed by atoms with E-state index >= 15 is 0 Å². The van der Waals surface area contributed by atoms with Gasteiger partial charge in [-0.3, -0.25) is 0 Å². The van der Waals surface area contributed by atoms with E-state index in [4.69, 9.17) is 30.4 Å². The van der Waals surface area contributed by atoms with E-state index < -0.39 is 17.2 Å². The standard InChI is InChI=1S/C27H48N2O7/c1-24(2,9-13-28)33-15-11-26(5,6)35-21-18-19(23(31)32)17-20(30)22(21)36-27(7,8)12-16-34-25(3,4)10-14-29/h17-18,30H,9-16,28-29H2,1-8H3,(H,31,32). The first-order valence-electron chi connectivity index (χ1n) is 12.6. The molecular weight excluding hydrogens is 464 g/mol. The van der Waals surface area contributed by atoms with E-state index in [-0.39, 0.29) is 34.0 Å². The summed E-state index contributed by atoms with van der Waals surface area (Å²) in [6.45, 7) is 17.3. The highest BCUT2D eigenvalue weighted by Crippen LogP contribution is 2.42. The van der Waals surface area contributed by atoms with Crippen LogP contribution in [0.2, 0.25) is 0 Å². The molecule has 0 aromatic heterocycles. The third kappa shape index (κ3) is 11.3. The Morgan fingerprint density at radius 3 is 1.61 bits per heavy atom. The van der Waals surface area contributed by atoms with Gasteiger partial charge in [-0.15, -0.1) is 0 Å². The maximum Gasteiger partial charge on any atom is 0.335 e. The first kappa shape index (κ1) is 32.0. The Kier molecular flexibility index (Phi) is 11.5. The van der Waals surface area contributed by atoms with Gasteiger partial charge < -0.3 is 40.6 Å². The molecule has 0 bridgehead atoms. The Labute approximate surface area is 216 Å². The summed E-state index contributed by atoms with van der Waals surface area (Å²) in [7, 11) is 0. The molecule has 0 aliphatic carbocycles. The lowest BCUT2D eigenvalue weighted by Gasteiger charge is -2.33. The summed E-state index contributed by atoms with van der Waals surface area (Å²) < 4.78 is 24.4. The topological polar surface area (TPSA) is 146 Å². The zero-order valence-electron chi connectivity index (χ0n) is 23.4. The van der Waals surface area contributed by atoms with Gasteiger partial charge in [0.1, 0.15) is 11.2 Å². The lowest BCUT2D eigenvalue weighted by Crippen LogP contribution is -2.35. The summed E-state index contributed by atoms with van der Waals surface area (Å²) in [5.41, 5.74) is 9.03. The Balaban J connectivity index is 3.06. The number of hydrogen-bond acceptors (Lipinski definition) is 8. The molecular formula is C27H48N2O7. The van der Waals surface area contributed by atoms with Gasteiger partial charge in [0.2, 0.25) is 5.75 Å². The quantitative estimate of drug-likeness (QED) is 0.237. The molecule has 0 saturated carbocycles. The number of carboxylic acids is 1. The summed E-state index contributed by atoms with van der Waals surface area (Å²) in [6.07, 6.45) is 2.49. The van der Waals surface area contributed by atoms with Gasteiger partial charge in [-0.1, -0.05) is 0 Å². The highest BCUT2D eigenvalue weighted by atomic mass is 16.6. The number of phenols is 1. The lowest BCUT2D eigenvalue weighted by atomic mass is 10.0. The fraction of sp³-hybridized carbons (Fsp3) is 0.741. The van der Waals surface area contributed by atoms with E-state index in [1.807, 2.05) is 55.4 Å². The van der Waals surface area contributed by atoms with E-state index in [1.54, 1.807) is 0 Å². The second-order valence-corrected chi connectivity index (χ2v) is 11.6.